The van der Waals surface area contributed by atoms with Crippen LogP contribution in [0.15, 0.2) is 49.0 Å². The summed E-state index contributed by atoms with van der Waals surface area (Å²) in [5.74, 6) is 0.654. The van der Waals surface area contributed by atoms with Crippen LogP contribution in [-0.4, -0.2) is 15.0 Å². The van der Waals surface area contributed by atoms with Gasteiger partial charge in [0.25, 0.3) is 0 Å². The first-order valence-corrected chi connectivity index (χ1v) is 5.88. The molecule has 2 rings (SSSR count). The number of benzene rings is 2. The number of halogens is 1. The van der Waals surface area contributed by atoms with E-state index < -0.39 is 0 Å². The number of hydrogen-bond donors (Lipinski definition) is 0. The van der Waals surface area contributed by atoms with Gasteiger partial charge in [-0.1, -0.05) is 54.0 Å². The van der Waals surface area contributed by atoms with Gasteiger partial charge in [-0.25, -0.2) is 0 Å². The Labute approximate surface area is 113 Å². The van der Waals surface area contributed by atoms with E-state index in [9.17, 15) is 0 Å². The van der Waals surface area contributed by atoms with Crippen LogP contribution < -0.4 is 10.2 Å². The predicted molar refractivity (Wildman–Crippen MR) is 78.0 cm³/mol. The second kappa shape index (κ2) is 5.32. The van der Waals surface area contributed by atoms with Gasteiger partial charge in [0.2, 0.25) is 0 Å². The van der Waals surface area contributed by atoms with Gasteiger partial charge in [0.1, 0.15) is 13.6 Å². The molecule has 0 heterocycles. The van der Waals surface area contributed by atoms with Crippen molar-refractivity contribution in [3.63, 3.8) is 0 Å². The molecule has 0 saturated heterocycles. The molecule has 0 unspecified atom stereocenters. The monoisotopic (exact) mass is 254 g/mol. The van der Waals surface area contributed by atoms with Gasteiger partial charge < -0.3 is 4.74 Å². The molecule has 2 aromatic carbocycles. The van der Waals surface area contributed by atoms with Gasteiger partial charge in [-0.05, 0) is 28.8 Å². The molecule has 0 amide bonds. The van der Waals surface area contributed by atoms with E-state index in [0.717, 1.165) is 16.7 Å². The number of ether oxygens (including phenoxy) is 1. The molecule has 0 aliphatic heterocycles. The molecule has 2 radical (unpaired) electrons. The Morgan fingerprint density at radius 2 is 1.89 bits per heavy atom. The fourth-order valence-electron chi connectivity index (χ4n) is 1.75. The fraction of sp³-hybridized carbons (Fsp3) is 0.0667. The van der Waals surface area contributed by atoms with Gasteiger partial charge in [-0.2, -0.15) is 0 Å². The van der Waals surface area contributed by atoms with E-state index >= 15 is 0 Å². The highest BCUT2D eigenvalue weighted by Gasteiger charge is 2.06. The van der Waals surface area contributed by atoms with E-state index in [1.807, 2.05) is 42.5 Å². The number of methoxy groups -OCH3 is 1. The van der Waals surface area contributed by atoms with Crippen LogP contribution in [0, 0.1) is 0 Å². The molecule has 0 fully saturated rings. The van der Waals surface area contributed by atoms with Gasteiger partial charge in [0.05, 0.1) is 12.1 Å². The van der Waals surface area contributed by atoms with Crippen LogP contribution in [-0.2, 0) is 0 Å². The van der Waals surface area contributed by atoms with Crippen molar-refractivity contribution in [1.82, 2.24) is 0 Å². The van der Waals surface area contributed by atoms with Gasteiger partial charge >= 0.3 is 0 Å². The zero-order valence-electron chi connectivity index (χ0n) is 10.1. The molecule has 0 bridgehead atoms. The normalized spacial score (nSPS) is 10.1. The molecule has 0 aliphatic carbocycles. The first-order chi connectivity index (χ1) is 8.61. The molecule has 0 spiro atoms. The minimum Gasteiger partial charge on any atom is -0.495 e. The minimum absolute atomic E-state index is 0.569. The van der Waals surface area contributed by atoms with Crippen LogP contribution in [0.2, 0.25) is 5.02 Å². The summed E-state index contributed by atoms with van der Waals surface area (Å²) >= 11 is 6.10. The second-order valence-corrected chi connectivity index (χ2v) is 4.36. The highest BCUT2D eigenvalue weighted by molar-refractivity contribution is 6.32. The van der Waals surface area contributed by atoms with Crippen molar-refractivity contribution in [2.24, 2.45) is 0 Å². The largest absolute Gasteiger partial charge is 0.495 e. The van der Waals surface area contributed by atoms with Crippen LogP contribution in [0.5, 0.6) is 5.75 Å². The lowest BCUT2D eigenvalue weighted by Crippen LogP contribution is -2.02. The molecule has 1 nitrogen and oxygen atoms in total. The molecular formula is C15H12BClO. The summed E-state index contributed by atoms with van der Waals surface area (Å²) < 4.78 is 5.12. The molecule has 0 N–H and O–H groups in total. The van der Waals surface area contributed by atoms with Crippen molar-refractivity contribution in [2.75, 3.05) is 7.11 Å². The lowest BCUT2D eigenvalue weighted by Gasteiger charge is -2.09. The highest BCUT2D eigenvalue weighted by atomic mass is 35.5. The molecule has 0 saturated carbocycles. The molecular weight excluding hydrogens is 242 g/mol. The van der Waals surface area contributed by atoms with E-state index in [1.54, 1.807) is 7.11 Å². The van der Waals surface area contributed by atoms with Crippen molar-refractivity contribution in [3.8, 4) is 5.75 Å². The SMILES string of the molecule is [B]c1cccc(C(=C)c2ccc(OC)c(Cl)c2)c1. The summed E-state index contributed by atoms with van der Waals surface area (Å²) in [7, 11) is 7.35. The zero-order valence-corrected chi connectivity index (χ0v) is 10.9. The standard InChI is InChI=1S/C15H12BClO/c1-10(11-4-3-5-13(16)8-11)12-6-7-15(18-2)14(17)9-12/h3-9H,1H2,2H3. The van der Waals surface area contributed by atoms with Crippen LogP contribution in [0.25, 0.3) is 5.57 Å². The Morgan fingerprint density at radius 3 is 2.50 bits per heavy atom. The Hall–Kier alpha value is -1.67. The molecule has 88 valence electrons. The Kier molecular flexibility index (Phi) is 3.78. The van der Waals surface area contributed by atoms with Crippen molar-refractivity contribution in [2.45, 2.75) is 0 Å². The number of rotatable bonds is 3. The molecule has 0 aromatic heterocycles. The first kappa shape index (κ1) is 12.8. The van der Waals surface area contributed by atoms with E-state index in [0.29, 0.717) is 16.2 Å². The van der Waals surface area contributed by atoms with Gasteiger partial charge in [0.15, 0.2) is 0 Å². The molecule has 18 heavy (non-hydrogen) atoms. The van der Waals surface area contributed by atoms with Gasteiger partial charge in [-0.15, -0.1) is 0 Å². The van der Waals surface area contributed by atoms with Gasteiger partial charge in [0, 0.05) is 0 Å². The summed E-state index contributed by atoms with van der Waals surface area (Å²) in [5.41, 5.74) is 3.53. The van der Waals surface area contributed by atoms with E-state index in [-0.39, 0.29) is 0 Å². The van der Waals surface area contributed by atoms with E-state index in [2.05, 4.69) is 6.58 Å². The predicted octanol–water partition coefficient (Wildman–Crippen LogP) is 3.20. The molecule has 2 aromatic rings. The Balaban J connectivity index is 2.37. The summed E-state index contributed by atoms with van der Waals surface area (Å²) in [4.78, 5) is 0. The molecule has 0 atom stereocenters. The lowest BCUT2D eigenvalue weighted by molar-refractivity contribution is 0.415. The van der Waals surface area contributed by atoms with Crippen LogP contribution in [0.3, 0.4) is 0 Å². The molecule has 3 heteroatoms. The van der Waals surface area contributed by atoms with Gasteiger partial charge in [-0.3, -0.25) is 0 Å². The highest BCUT2D eigenvalue weighted by Crippen LogP contribution is 2.29. The first-order valence-electron chi connectivity index (χ1n) is 5.50. The fourth-order valence-corrected chi connectivity index (χ4v) is 2.00. The third-order valence-corrected chi connectivity index (χ3v) is 3.03. The van der Waals surface area contributed by atoms with Crippen molar-refractivity contribution < 1.29 is 4.74 Å². The topological polar surface area (TPSA) is 9.23 Å². The Bertz CT molecular complexity index is 593. The summed E-state index contributed by atoms with van der Waals surface area (Å²) in [5, 5.41) is 0.569. The maximum atomic E-state index is 6.10. The Morgan fingerprint density at radius 1 is 1.17 bits per heavy atom. The van der Waals surface area contributed by atoms with Crippen LogP contribution in [0.4, 0.5) is 0 Å². The average Bonchev–Trinajstić information content (AvgIpc) is 2.37. The zero-order chi connectivity index (χ0) is 13.1. The second-order valence-electron chi connectivity index (χ2n) is 3.95. The quantitative estimate of drug-likeness (QED) is 0.764. The third kappa shape index (κ3) is 2.60. The van der Waals surface area contributed by atoms with E-state index in [4.69, 9.17) is 24.2 Å². The maximum absolute atomic E-state index is 6.10. The smallest absolute Gasteiger partial charge is 0.137 e. The maximum Gasteiger partial charge on any atom is 0.137 e. The van der Waals surface area contributed by atoms with Crippen molar-refractivity contribution in [1.29, 1.82) is 0 Å². The van der Waals surface area contributed by atoms with Crippen molar-refractivity contribution in [3.05, 3.63) is 65.2 Å². The summed E-state index contributed by atoms with van der Waals surface area (Å²) in [6.07, 6.45) is 0. The van der Waals surface area contributed by atoms with E-state index in [1.165, 1.54) is 0 Å². The summed E-state index contributed by atoms with van der Waals surface area (Å²) in [6.45, 7) is 4.08. The third-order valence-electron chi connectivity index (χ3n) is 2.74. The number of hydrogen-bond acceptors (Lipinski definition) is 1. The van der Waals surface area contributed by atoms with Crippen LogP contribution in [0.1, 0.15) is 11.1 Å². The minimum atomic E-state index is 0.569. The average molecular weight is 255 g/mol. The van der Waals surface area contributed by atoms with Crippen LogP contribution >= 0.6 is 11.6 Å². The molecule has 0 aliphatic rings. The lowest BCUT2D eigenvalue weighted by atomic mass is 9.91. The van der Waals surface area contributed by atoms with Crippen molar-refractivity contribution >= 4 is 30.5 Å². The summed E-state index contributed by atoms with van der Waals surface area (Å²) in [6, 6.07) is 13.2.